The average Bonchev–Trinajstić information content (AvgIpc) is 2.32. The van der Waals surface area contributed by atoms with Crippen LogP contribution in [0.25, 0.3) is 0 Å². The molecule has 0 aliphatic carbocycles. The predicted octanol–water partition coefficient (Wildman–Crippen LogP) is 0.119. The van der Waals surface area contributed by atoms with Crippen molar-refractivity contribution in [3.8, 4) is 0 Å². The highest BCUT2D eigenvalue weighted by Gasteiger charge is 1.93. The van der Waals surface area contributed by atoms with Crippen molar-refractivity contribution in [3.63, 3.8) is 0 Å². The van der Waals surface area contributed by atoms with Crippen LogP contribution in [0.2, 0.25) is 0 Å². The lowest BCUT2D eigenvalue weighted by atomic mass is 11.0. The second-order valence-electron chi connectivity index (χ2n) is 1.38. The van der Waals surface area contributed by atoms with Gasteiger partial charge < -0.3 is 0 Å². The predicted molar refractivity (Wildman–Crippen MR) is 48.3 cm³/mol. The van der Waals surface area contributed by atoms with Gasteiger partial charge in [0.25, 0.3) is 0 Å². The molecule has 11 heteroatoms. The molecule has 0 amide bonds. The molecule has 0 aliphatic heterocycles. The fraction of sp³-hybridized carbons (Fsp3) is 0. The summed E-state index contributed by atoms with van der Waals surface area (Å²) in [7, 11) is -7.54. The van der Waals surface area contributed by atoms with Crippen molar-refractivity contribution in [1.82, 2.24) is 4.98 Å². The van der Waals surface area contributed by atoms with Crippen LogP contribution in [0.3, 0.4) is 0 Å². The molecule has 0 unspecified atom stereocenters. The van der Waals surface area contributed by atoms with E-state index in [4.69, 9.17) is 31.9 Å². The van der Waals surface area contributed by atoms with E-state index in [0.29, 0.717) is 0 Å². The summed E-state index contributed by atoms with van der Waals surface area (Å²) >= 11 is 1.60. The molecule has 82 valence electrons. The fourth-order valence-electron chi connectivity index (χ4n) is 0.176. The number of hydrogen-bond acceptors (Lipinski definition) is 5. The van der Waals surface area contributed by atoms with Crippen LogP contribution in [0.15, 0.2) is 17.1 Å². The summed E-state index contributed by atoms with van der Waals surface area (Å²) in [5.41, 5.74) is 1.79. The lowest BCUT2D eigenvalue weighted by Crippen LogP contribution is -1.89. The quantitative estimate of drug-likeness (QED) is 0.382. The van der Waals surface area contributed by atoms with Crippen LogP contribution in [0.5, 0.6) is 0 Å². The van der Waals surface area contributed by atoms with Gasteiger partial charge in [-0.1, -0.05) is 0 Å². The number of nitrogens with zero attached hydrogens (tertiary/aromatic N) is 1. The summed E-state index contributed by atoms with van der Waals surface area (Å²) in [5, 5.41) is 1.93. The van der Waals surface area contributed by atoms with Crippen molar-refractivity contribution in [2.75, 3.05) is 0 Å². The Balaban J connectivity index is 0. The first-order chi connectivity index (χ1) is 6.23. The summed E-state index contributed by atoms with van der Waals surface area (Å²) in [4.78, 5) is 18.0. The second kappa shape index (κ2) is 9.09. The smallest absolute Gasteiger partial charge is 0.264 e. The summed E-state index contributed by atoms with van der Waals surface area (Å²) in [5.74, 6) is 0. The molecular weight excluding hydrogens is 257 g/mol. The lowest BCUT2D eigenvalue weighted by molar-refractivity contribution is 0.380. The lowest BCUT2D eigenvalue weighted by Gasteiger charge is -1.68. The SMILES string of the molecule is O=S(=O)(O)O.O=[P+](O)O.c1cscn1. The minimum absolute atomic E-state index is 1.60. The van der Waals surface area contributed by atoms with Gasteiger partial charge in [0.15, 0.2) is 0 Å². The van der Waals surface area contributed by atoms with Gasteiger partial charge in [-0.05, 0) is 0 Å². The number of thiazole rings is 1. The molecule has 1 rings (SSSR count). The zero-order valence-electron chi connectivity index (χ0n) is 6.46. The van der Waals surface area contributed by atoms with Crippen molar-refractivity contribution in [2.24, 2.45) is 0 Å². The van der Waals surface area contributed by atoms with E-state index in [-0.39, 0.29) is 0 Å². The molecule has 0 radical (unpaired) electrons. The van der Waals surface area contributed by atoms with Gasteiger partial charge in [0, 0.05) is 16.1 Å². The van der Waals surface area contributed by atoms with E-state index in [1.807, 2.05) is 5.38 Å². The topological polar surface area (TPSA) is 145 Å². The standard InChI is InChI=1S/C3H3NS.H2O4S.HO3P/c1-2-5-3-4-1;1-5(2,3)4;1-4(2)3/h1-3H;(H2,1,2,3,4);(H-,1,2,3)/p+1. The van der Waals surface area contributed by atoms with E-state index in [0.717, 1.165) is 0 Å². The van der Waals surface area contributed by atoms with Gasteiger partial charge in [0.2, 0.25) is 0 Å². The highest BCUT2D eigenvalue weighted by atomic mass is 32.3. The first kappa shape index (κ1) is 16.0. The molecular formula is C3H7NO7PS2+. The Labute approximate surface area is 84.4 Å². The molecule has 0 saturated carbocycles. The third-order valence-corrected chi connectivity index (χ3v) is 0.869. The number of rotatable bonds is 0. The van der Waals surface area contributed by atoms with Gasteiger partial charge in [-0.2, -0.15) is 8.42 Å². The van der Waals surface area contributed by atoms with Gasteiger partial charge in [0.05, 0.1) is 5.51 Å². The zero-order valence-corrected chi connectivity index (χ0v) is 8.98. The van der Waals surface area contributed by atoms with Crippen LogP contribution >= 0.6 is 19.6 Å². The summed E-state index contributed by atoms with van der Waals surface area (Å²) in [6, 6.07) is 0. The molecule has 4 N–H and O–H groups in total. The van der Waals surface area contributed by atoms with Gasteiger partial charge in [-0.3, -0.25) is 14.1 Å². The summed E-state index contributed by atoms with van der Waals surface area (Å²) < 4.78 is 40.3. The largest absolute Gasteiger partial charge is 0.692 e. The molecule has 1 aromatic rings. The monoisotopic (exact) mass is 264 g/mol. The first-order valence-electron chi connectivity index (χ1n) is 2.60. The van der Waals surface area contributed by atoms with Crippen molar-refractivity contribution >= 4 is 30.0 Å². The Morgan fingerprint density at radius 1 is 1.29 bits per heavy atom. The molecule has 1 aromatic heterocycles. The molecule has 0 fully saturated rings. The van der Waals surface area contributed by atoms with Crippen LogP contribution in [0, 0.1) is 0 Å². The highest BCUT2D eigenvalue weighted by Crippen LogP contribution is 1.98. The molecule has 0 aliphatic rings. The van der Waals surface area contributed by atoms with E-state index < -0.39 is 18.7 Å². The molecule has 0 saturated heterocycles. The van der Waals surface area contributed by atoms with E-state index in [9.17, 15) is 0 Å². The minimum Gasteiger partial charge on any atom is -0.264 e. The maximum absolute atomic E-state index is 8.74. The molecule has 0 aromatic carbocycles. The van der Waals surface area contributed by atoms with Crippen molar-refractivity contribution in [2.45, 2.75) is 0 Å². The van der Waals surface area contributed by atoms with Gasteiger partial charge >= 0.3 is 18.7 Å². The van der Waals surface area contributed by atoms with Crippen molar-refractivity contribution < 1.29 is 31.9 Å². The summed E-state index contributed by atoms with van der Waals surface area (Å²) in [6.45, 7) is 0. The Morgan fingerprint density at radius 3 is 1.71 bits per heavy atom. The third-order valence-electron chi connectivity index (χ3n) is 0.347. The van der Waals surface area contributed by atoms with E-state index in [1.54, 1.807) is 23.0 Å². The molecule has 14 heavy (non-hydrogen) atoms. The first-order valence-corrected chi connectivity index (χ1v) is 6.11. The minimum atomic E-state index is -4.67. The number of aromatic nitrogens is 1. The van der Waals surface area contributed by atoms with Crippen LogP contribution < -0.4 is 0 Å². The Morgan fingerprint density at radius 2 is 1.64 bits per heavy atom. The number of hydrogen-bond donors (Lipinski definition) is 4. The molecule has 8 nitrogen and oxygen atoms in total. The van der Waals surface area contributed by atoms with Gasteiger partial charge in [0.1, 0.15) is 0 Å². The van der Waals surface area contributed by atoms with Crippen LogP contribution in [0.1, 0.15) is 0 Å². The second-order valence-corrected chi connectivity index (χ2v) is 3.53. The summed E-state index contributed by atoms with van der Waals surface area (Å²) in [6.07, 6.45) is 1.77. The maximum Gasteiger partial charge on any atom is 0.692 e. The fourth-order valence-corrected chi connectivity index (χ4v) is 0.527. The Kier molecular flexibility index (Phi) is 10.4. The van der Waals surface area contributed by atoms with Crippen LogP contribution in [-0.4, -0.2) is 32.3 Å². The normalized spacial score (nSPS) is 8.86. The van der Waals surface area contributed by atoms with E-state index in [1.165, 1.54) is 0 Å². The third kappa shape index (κ3) is 62.4. The van der Waals surface area contributed by atoms with Crippen LogP contribution in [-0.2, 0) is 15.0 Å². The highest BCUT2D eigenvalue weighted by molar-refractivity contribution is 7.79. The van der Waals surface area contributed by atoms with E-state index in [2.05, 4.69) is 4.98 Å². The molecule has 0 spiro atoms. The van der Waals surface area contributed by atoms with Crippen molar-refractivity contribution in [3.05, 3.63) is 17.1 Å². The molecule has 0 bridgehead atoms. The zero-order chi connectivity index (χ0) is 11.6. The Bertz CT molecular complexity index is 291. The van der Waals surface area contributed by atoms with E-state index >= 15 is 0 Å². The molecule has 0 atom stereocenters. The molecule has 1 heterocycles. The Hall–Kier alpha value is -0.480. The van der Waals surface area contributed by atoms with Crippen LogP contribution in [0.4, 0.5) is 0 Å². The maximum atomic E-state index is 8.74. The van der Waals surface area contributed by atoms with Crippen molar-refractivity contribution in [1.29, 1.82) is 0 Å². The van der Waals surface area contributed by atoms with Gasteiger partial charge in [-0.25, -0.2) is 0 Å². The average molecular weight is 264 g/mol. The van der Waals surface area contributed by atoms with Gasteiger partial charge in [-0.15, -0.1) is 21.1 Å².